The minimum Gasteiger partial charge on any atom is -0.497 e. The van der Waals surface area contributed by atoms with E-state index in [0.29, 0.717) is 23.0 Å². The molecule has 134 valence electrons. The van der Waals surface area contributed by atoms with E-state index in [2.05, 4.69) is 31.0 Å². The van der Waals surface area contributed by atoms with Gasteiger partial charge in [0, 0.05) is 24.0 Å². The monoisotopic (exact) mass is 342 g/mol. The van der Waals surface area contributed by atoms with E-state index in [4.69, 9.17) is 4.74 Å². The van der Waals surface area contributed by atoms with Crippen molar-refractivity contribution in [2.75, 3.05) is 23.9 Å². The Labute approximate surface area is 149 Å². The molecule has 2 aromatic rings. The first kappa shape index (κ1) is 18.8. The fourth-order valence-corrected chi connectivity index (χ4v) is 2.76. The van der Waals surface area contributed by atoms with Crippen molar-refractivity contribution in [1.29, 1.82) is 0 Å². The van der Waals surface area contributed by atoms with Crippen molar-refractivity contribution in [3.8, 4) is 5.75 Å². The van der Waals surface area contributed by atoms with Gasteiger partial charge in [0.05, 0.1) is 7.11 Å². The van der Waals surface area contributed by atoms with Crippen LogP contribution in [0.15, 0.2) is 48.5 Å². The summed E-state index contributed by atoms with van der Waals surface area (Å²) in [6, 6.07) is 14.9. The van der Waals surface area contributed by atoms with Crippen LogP contribution in [0, 0.1) is 0 Å². The third-order valence-electron chi connectivity index (χ3n) is 4.09. The van der Waals surface area contributed by atoms with Gasteiger partial charge >= 0.3 is 0 Å². The number of rotatable bonds is 7. The molecule has 0 heterocycles. The van der Waals surface area contributed by atoms with Crippen molar-refractivity contribution in [2.24, 2.45) is 0 Å². The van der Waals surface area contributed by atoms with Gasteiger partial charge in [-0.25, -0.2) is 0 Å². The summed E-state index contributed by atoms with van der Waals surface area (Å²) in [6.45, 7) is 7.31. The van der Waals surface area contributed by atoms with Crippen molar-refractivity contribution < 1.29 is 14.6 Å². The van der Waals surface area contributed by atoms with Crippen LogP contribution in [0.2, 0.25) is 0 Å². The molecule has 0 saturated carbocycles. The number of hydrogen-bond donors (Lipinski definition) is 2. The Kier molecular flexibility index (Phi) is 6.42. The maximum atomic E-state index is 12.3. The second-order valence-corrected chi connectivity index (χ2v) is 6.10. The van der Waals surface area contributed by atoms with Gasteiger partial charge in [-0.05, 0) is 62.7 Å². The van der Waals surface area contributed by atoms with Crippen molar-refractivity contribution in [1.82, 2.24) is 0 Å². The van der Waals surface area contributed by atoms with Crippen LogP contribution in [0.25, 0.3) is 0 Å². The number of ether oxygens (including phenoxy) is 1. The van der Waals surface area contributed by atoms with E-state index in [1.165, 1.54) is 0 Å². The van der Waals surface area contributed by atoms with E-state index in [-0.39, 0.29) is 0 Å². The summed E-state index contributed by atoms with van der Waals surface area (Å²) in [6.07, 6.45) is -1.25. The molecule has 2 N–H and O–H groups in total. The highest BCUT2D eigenvalue weighted by Gasteiger charge is 2.18. The van der Waals surface area contributed by atoms with Gasteiger partial charge < -0.3 is 20.1 Å². The van der Waals surface area contributed by atoms with Crippen LogP contribution in [-0.4, -0.2) is 30.7 Å². The number of aliphatic hydroxyl groups excluding tert-OH is 1. The molecule has 0 aliphatic heterocycles. The molecule has 0 aromatic heterocycles. The molecule has 0 bridgehead atoms. The zero-order chi connectivity index (χ0) is 18.4. The number of carbonyl (C=O) groups excluding carboxylic acids is 1. The fourth-order valence-electron chi connectivity index (χ4n) is 2.76. The summed E-state index contributed by atoms with van der Waals surface area (Å²) in [7, 11) is 1.55. The van der Waals surface area contributed by atoms with E-state index in [9.17, 15) is 9.90 Å². The lowest BCUT2D eigenvalue weighted by molar-refractivity contribution is -0.124. The minimum atomic E-state index is -1.25. The topological polar surface area (TPSA) is 61.8 Å². The number of aliphatic hydroxyl groups is 1. The lowest BCUT2D eigenvalue weighted by Gasteiger charge is -2.27. The average molecular weight is 342 g/mol. The van der Waals surface area contributed by atoms with Gasteiger partial charge in [-0.15, -0.1) is 0 Å². The molecule has 1 amide bonds. The average Bonchev–Trinajstić information content (AvgIpc) is 2.62. The summed E-state index contributed by atoms with van der Waals surface area (Å²) < 4.78 is 5.12. The lowest BCUT2D eigenvalue weighted by Crippen LogP contribution is -2.30. The molecule has 0 fully saturated rings. The number of methoxy groups -OCH3 is 1. The first-order chi connectivity index (χ1) is 12.0. The summed E-state index contributed by atoms with van der Waals surface area (Å²) >= 11 is 0. The van der Waals surface area contributed by atoms with Crippen LogP contribution in [0.4, 0.5) is 11.4 Å². The molecule has 5 nitrogen and oxygen atoms in total. The van der Waals surface area contributed by atoms with Gasteiger partial charge in [0.25, 0.3) is 5.91 Å². The van der Waals surface area contributed by atoms with Crippen LogP contribution in [0.5, 0.6) is 5.75 Å². The Balaban J connectivity index is 2.07. The Hall–Kier alpha value is -2.53. The number of benzene rings is 2. The lowest BCUT2D eigenvalue weighted by atomic mass is 10.1. The van der Waals surface area contributed by atoms with E-state index in [0.717, 1.165) is 12.2 Å². The van der Waals surface area contributed by atoms with E-state index in [1.54, 1.807) is 31.4 Å². The predicted octanol–water partition coefficient (Wildman–Crippen LogP) is 3.60. The smallest absolute Gasteiger partial charge is 0.257 e. The SMILES string of the molecule is CCN(c1ccc(NC(=O)C(O)c2cccc(OC)c2)cc1)C(C)C. The van der Waals surface area contributed by atoms with Crippen molar-refractivity contribution >= 4 is 17.3 Å². The maximum Gasteiger partial charge on any atom is 0.257 e. The van der Waals surface area contributed by atoms with Crippen LogP contribution in [0.1, 0.15) is 32.4 Å². The fraction of sp³-hybridized carbons (Fsp3) is 0.350. The summed E-state index contributed by atoms with van der Waals surface area (Å²) in [5.41, 5.74) is 2.24. The Morgan fingerprint density at radius 2 is 1.88 bits per heavy atom. The molecular formula is C20H26N2O3. The molecule has 0 saturated heterocycles. The molecule has 2 aromatic carbocycles. The highest BCUT2D eigenvalue weighted by molar-refractivity contribution is 5.94. The number of nitrogens with zero attached hydrogens (tertiary/aromatic N) is 1. The van der Waals surface area contributed by atoms with Gasteiger partial charge in [-0.1, -0.05) is 12.1 Å². The third kappa shape index (κ3) is 4.73. The number of carbonyl (C=O) groups is 1. The maximum absolute atomic E-state index is 12.3. The highest BCUT2D eigenvalue weighted by atomic mass is 16.5. The van der Waals surface area contributed by atoms with Crippen LogP contribution in [0.3, 0.4) is 0 Å². The van der Waals surface area contributed by atoms with Crippen LogP contribution in [-0.2, 0) is 4.79 Å². The van der Waals surface area contributed by atoms with Gasteiger partial charge in [0.15, 0.2) is 6.10 Å². The number of amides is 1. The summed E-state index contributed by atoms with van der Waals surface area (Å²) in [5.74, 6) is 0.124. The molecule has 0 aliphatic carbocycles. The van der Waals surface area contributed by atoms with E-state index >= 15 is 0 Å². The van der Waals surface area contributed by atoms with Gasteiger partial charge in [-0.3, -0.25) is 4.79 Å². The van der Waals surface area contributed by atoms with Gasteiger partial charge in [0.2, 0.25) is 0 Å². The van der Waals surface area contributed by atoms with Crippen LogP contribution >= 0.6 is 0 Å². The molecular weight excluding hydrogens is 316 g/mol. The molecule has 0 radical (unpaired) electrons. The molecule has 2 rings (SSSR count). The number of anilines is 2. The zero-order valence-electron chi connectivity index (χ0n) is 15.2. The second-order valence-electron chi connectivity index (χ2n) is 6.10. The molecule has 5 heteroatoms. The predicted molar refractivity (Wildman–Crippen MR) is 101 cm³/mol. The van der Waals surface area contributed by atoms with Crippen molar-refractivity contribution in [3.05, 3.63) is 54.1 Å². The Morgan fingerprint density at radius 1 is 1.20 bits per heavy atom. The minimum absolute atomic E-state index is 0.403. The van der Waals surface area contributed by atoms with Crippen molar-refractivity contribution in [3.63, 3.8) is 0 Å². The Bertz CT molecular complexity index is 698. The summed E-state index contributed by atoms with van der Waals surface area (Å²) in [4.78, 5) is 14.5. The molecule has 0 aliphatic rings. The normalized spacial score (nSPS) is 11.9. The van der Waals surface area contributed by atoms with Gasteiger partial charge in [0.1, 0.15) is 5.75 Å². The molecule has 25 heavy (non-hydrogen) atoms. The highest BCUT2D eigenvalue weighted by Crippen LogP contribution is 2.23. The number of nitrogens with one attached hydrogen (secondary N) is 1. The first-order valence-corrected chi connectivity index (χ1v) is 8.45. The van der Waals surface area contributed by atoms with Gasteiger partial charge in [-0.2, -0.15) is 0 Å². The van der Waals surface area contributed by atoms with Crippen LogP contribution < -0.4 is 15.0 Å². The molecule has 1 unspecified atom stereocenters. The second kappa shape index (κ2) is 8.53. The molecule has 1 atom stereocenters. The third-order valence-corrected chi connectivity index (χ3v) is 4.09. The quantitative estimate of drug-likeness (QED) is 0.807. The standard InChI is InChI=1S/C20H26N2O3/c1-5-22(14(2)3)17-11-9-16(10-12-17)21-20(24)19(23)15-7-6-8-18(13-15)25-4/h6-14,19,23H,5H2,1-4H3,(H,21,24). The first-order valence-electron chi connectivity index (χ1n) is 8.45. The largest absolute Gasteiger partial charge is 0.497 e. The van der Waals surface area contributed by atoms with E-state index in [1.807, 2.05) is 24.3 Å². The zero-order valence-corrected chi connectivity index (χ0v) is 15.2. The van der Waals surface area contributed by atoms with E-state index < -0.39 is 12.0 Å². The Morgan fingerprint density at radius 3 is 2.44 bits per heavy atom. The number of hydrogen-bond acceptors (Lipinski definition) is 4. The molecule has 0 spiro atoms. The van der Waals surface area contributed by atoms with Crippen molar-refractivity contribution in [2.45, 2.75) is 32.9 Å². The summed E-state index contributed by atoms with van der Waals surface area (Å²) in [5, 5.41) is 13.0.